The summed E-state index contributed by atoms with van der Waals surface area (Å²) in [6.45, 7) is 1.42. The summed E-state index contributed by atoms with van der Waals surface area (Å²) in [4.78, 5) is 25.2. The molecule has 2 aromatic carbocycles. The van der Waals surface area contributed by atoms with E-state index in [-0.39, 0.29) is 10.5 Å². The minimum Gasteiger partial charge on any atom is -0.497 e. The van der Waals surface area contributed by atoms with Crippen LogP contribution in [-0.2, 0) is 19.6 Å². The number of rotatable bonds is 8. The van der Waals surface area contributed by atoms with Gasteiger partial charge in [-0.15, -0.1) is 0 Å². The molecule has 1 N–H and O–H groups in total. The van der Waals surface area contributed by atoms with E-state index in [1.165, 1.54) is 45.3 Å². The van der Waals surface area contributed by atoms with E-state index in [4.69, 9.17) is 9.47 Å². The molecule has 1 saturated carbocycles. The first kappa shape index (κ1) is 26.0. The van der Waals surface area contributed by atoms with Gasteiger partial charge >= 0.3 is 5.97 Å². The maximum absolute atomic E-state index is 13.1. The highest BCUT2D eigenvalue weighted by molar-refractivity contribution is 7.92. The molecule has 0 aliphatic heterocycles. The molecule has 1 fully saturated rings. The van der Waals surface area contributed by atoms with Crippen molar-refractivity contribution >= 4 is 27.6 Å². The number of nitrogens with zero attached hydrogens (tertiary/aromatic N) is 2. The molecule has 35 heavy (non-hydrogen) atoms. The Morgan fingerprint density at radius 3 is 2.37 bits per heavy atom. The molecule has 0 aromatic heterocycles. The second kappa shape index (κ2) is 10.8. The standard InChI is InChI=1S/C25H29N3O6S/c1-18(23(29)27-25(17-26)14-5-4-6-15-25)34-24(30)19-8-7-9-22(16-19)35(31,32)28(2)20-10-12-21(33-3)13-11-20/h7-13,16,18H,4-6,14-15H2,1-3H3,(H,27,29). The molecule has 0 heterocycles. The summed E-state index contributed by atoms with van der Waals surface area (Å²) in [7, 11) is -1.05. The van der Waals surface area contributed by atoms with Crippen LogP contribution in [0.15, 0.2) is 53.4 Å². The van der Waals surface area contributed by atoms with E-state index in [0.717, 1.165) is 23.6 Å². The highest BCUT2D eigenvalue weighted by atomic mass is 32.2. The van der Waals surface area contributed by atoms with Crippen LogP contribution in [0.25, 0.3) is 0 Å². The van der Waals surface area contributed by atoms with Crippen molar-refractivity contribution in [2.24, 2.45) is 0 Å². The van der Waals surface area contributed by atoms with Crippen LogP contribution in [0, 0.1) is 11.3 Å². The van der Waals surface area contributed by atoms with E-state index in [9.17, 15) is 23.3 Å². The first-order valence-corrected chi connectivity index (χ1v) is 12.7. The van der Waals surface area contributed by atoms with Gasteiger partial charge in [-0.2, -0.15) is 5.26 Å². The molecule has 186 valence electrons. The van der Waals surface area contributed by atoms with Gasteiger partial charge in [0.15, 0.2) is 6.10 Å². The molecule has 1 aliphatic rings. The molecule has 10 heteroatoms. The number of ether oxygens (including phenoxy) is 2. The Hall–Kier alpha value is -3.58. The fourth-order valence-electron chi connectivity index (χ4n) is 3.91. The monoisotopic (exact) mass is 499 g/mol. The average Bonchev–Trinajstić information content (AvgIpc) is 2.88. The van der Waals surface area contributed by atoms with Crippen LogP contribution in [-0.4, -0.2) is 46.1 Å². The number of hydrogen-bond acceptors (Lipinski definition) is 7. The van der Waals surface area contributed by atoms with Crippen molar-refractivity contribution in [3.05, 3.63) is 54.1 Å². The van der Waals surface area contributed by atoms with Crippen molar-refractivity contribution in [3.8, 4) is 11.8 Å². The molecule has 0 bridgehead atoms. The quantitative estimate of drug-likeness (QED) is 0.552. The Morgan fingerprint density at radius 2 is 1.77 bits per heavy atom. The largest absolute Gasteiger partial charge is 0.497 e. The number of sulfonamides is 1. The van der Waals surface area contributed by atoms with E-state index in [1.807, 2.05) is 0 Å². The van der Waals surface area contributed by atoms with E-state index in [2.05, 4.69) is 11.4 Å². The summed E-state index contributed by atoms with van der Waals surface area (Å²) in [5.41, 5.74) is -0.546. The summed E-state index contributed by atoms with van der Waals surface area (Å²) in [6, 6.07) is 14.1. The van der Waals surface area contributed by atoms with Crippen LogP contribution in [0.2, 0.25) is 0 Å². The number of benzene rings is 2. The first-order chi connectivity index (χ1) is 16.6. The Labute approximate surface area is 205 Å². The molecular weight excluding hydrogens is 470 g/mol. The summed E-state index contributed by atoms with van der Waals surface area (Å²) in [5.74, 6) is -0.817. The van der Waals surface area contributed by atoms with Crippen molar-refractivity contribution in [2.45, 2.75) is 55.6 Å². The van der Waals surface area contributed by atoms with Crippen LogP contribution >= 0.6 is 0 Å². The maximum atomic E-state index is 13.1. The number of nitrogens with one attached hydrogen (secondary N) is 1. The smallest absolute Gasteiger partial charge is 0.338 e. The van der Waals surface area contributed by atoms with Crippen molar-refractivity contribution < 1.29 is 27.5 Å². The van der Waals surface area contributed by atoms with E-state index in [1.54, 1.807) is 24.3 Å². The Morgan fingerprint density at radius 1 is 1.11 bits per heavy atom. The minimum atomic E-state index is -3.97. The topological polar surface area (TPSA) is 126 Å². The predicted molar refractivity (Wildman–Crippen MR) is 129 cm³/mol. The molecule has 2 aromatic rings. The number of hydrogen-bond donors (Lipinski definition) is 1. The van der Waals surface area contributed by atoms with Gasteiger partial charge in [0, 0.05) is 7.05 Å². The fraction of sp³-hybridized carbons (Fsp3) is 0.400. The van der Waals surface area contributed by atoms with Crippen LogP contribution in [0.4, 0.5) is 5.69 Å². The molecule has 1 atom stereocenters. The molecule has 0 saturated heterocycles. The van der Waals surface area contributed by atoms with E-state index in [0.29, 0.717) is 24.3 Å². The lowest BCUT2D eigenvalue weighted by Crippen LogP contribution is -2.52. The third-order valence-corrected chi connectivity index (χ3v) is 7.88. The zero-order chi connectivity index (χ0) is 25.6. The Balaban J connectivity index is 1.72. The van der Waals surface area contributed by atoms with Crippen molar-refractivity contribution in [1.82, 2.24) is 5.32 Å². The first-order valence-electron chi connectivity index (χ1n) is 11.3. The lowest BCUT2D eigenvalue weighted by Gasteiger charge is -2.32. The second-order valence-electron chi connectivity index (χ2n) is 8.49. The third-order valence-electron chi connectivity index (χ3n) is 6.10. The Bertz CT molecular complexity index is 1210. The molecule has 3 rings (SSSR count). The summed E-state index contributed by atoms with van der Waals surface area (Å²) >= 11 is 0. The number of esters is 1. The number of nitriles is 1. The minimum absolute atomic E-state index is 0.0125. The fourth-order valence-corrected chi connectivity index (χ4v) is 5.15. The van der Waals surface area contributed by atoms with Crippen molar-refractivity contribution in [3.63, 3.8) is 0 Å². The van der Waals surface area contributed by atoms with Crippen molar-refractivity contribution in [1.29, 1.82) is 5.26 Å². The third kappa shape index (κ3) is 5.92. The van der Waals surface area contributed by atoms with Gasteiger partial charge in [0.1, 0.15) is 11.3 Å². The number of anilines is 1. The van der Waals surface area contributed by atoms with Gasteiger partial charge in [0.25, 0.3) is 15.9 Å². The number of methoxy groups -OCH3 is 1. The highest BCUT2D eigenvalue weighted by Crippen LogP contribution is 2.28. The van der Waals surface area contributed by atoms with Gasteiger partial charge in [-0.25, -0.2) is 13.2 Å². The maximum Gasteiger partial charge on any atom is 0.338 e. The van der Waals surface area contributed by atoms with Gasteiger partial charge in [0.05, 0.1) is 29.3 Å². The lowest BCUT2D eigenvalue weighted by molar-refractivity contribution is -0.130. The van der Waals surface area contributed by atoms with Gasteiger partial charge in [0.2, 0.25) is 0 Å². The highest BCUT2D eigenvalue weighted by Gasteiger charge is 2.35. The number of carbonyl (C=O) groups is 2. The molecule has 0 radical (unpaired) electrons. The lowest BCUT2D eigenvalue weighted by atomic mass is 9.83. The normalized spacial score (nSPS) is 15.8. The van der Waals surface area contributed by atoms with Gasteiger partial charge in [-0.1, -0.05) is 25.3 Å². The molecule has 1 amide bonds. The summed E-state index contributed by atoms with van der Waals surface area (Å²) < 4.78 is 37.7. The number of amides is 1. The van der Waals surface area contributed by atoms with Gasteiger partial charge in [-0.05, 0) is 62.2 Å². The van der Waals surface area contributed by atoms with Crippen LogP contribution < -0.4 is 14.4 Å². The summed E-state index contributed by atoms with van der Waals surface area (Å²) in [6.07, 6.45) is 2.64. The predicted octanol–water partition coefficient (Wildman–Crippen LogP) is 3.41. The molecule has 1 aliphatic carbocycles. The molecular formula is C25H29N3O6S. The van der Waals surface area contributed by atoms with E-state index < -0.39 is 33.5 Å². The molecule has 9 nitrogen and oxygen atoms in total. The van der Waals surface area contributed by atoms with Gasteiger partial charge in [-0.3, -0.25) is 9.10 Å². The second-order valence-corrected chi connectivity index (χ2v) is 10.5. The molecule has 1 unspecified atom stereocenters. The van der Waals surface area contributed by atoms with Crippen LogP contribution in [0.3, 0.4) is 0 Å². The zero-order valence-electron chi connectivity index (χ0n) is 20.0. The Kier molecular flexibility index (Phi) is 8.02. The average molecular weight is 500 g/mol. The molecule has 0 spiro atoms. The zero-order valence-corrected chi connectivity index (χ0v) is 20.8. The summed E-state index contributed by atoms with van der Waals surface area (Å²) in [5, 5.41) is 12.3. The van der Waals surface area contributed by atoms with E-state index >= 15 is 0 Å². The van der Waals surface area contributed by atoms with Gasteiger partial charge < -0.3 is 14.8 Å². The van der Waals surface area contributed by atoms with Crippen LogP contribution in [0.1, 0.15) is 49.4 Å². The van der Waals surface area contributed by atoms with Crippen LogP contribution in [0.5, 0.6) is 5.75 Å². The number of carbonyl (C=O) groups excluding carboxylic acids is 2. The van der Waals surface area contributed by atoms with Crippen molar-refractivity contribution in [2.75, 3.05) is 18.5 Å². The SMILES string of the molecule is COc1ccc(N(C)S(=O)(=O)c2cccc(C(=O)OC(C)C(=O)NC3(C#N)CCCCC3)c2)cc1.